The summed E-state index contributed by atoms with van der Waals surface area (Å²) in [4.78, 5) is 3.67. The van der Waals surface area contributed by atoms with Gasteiger partial charge in [-0.15, -0.1) is 0 Å². The molecule has 114 valence electrons. The fourth-order valence-electron chi connectivity index (χ4n) is 1.39. The largest absolute Gasteiger partial charge is 0.417 e. The van der Waals surface area contributed by atoms with Gasteiger partial charge in [0.25, 0.3) is 0 Å². The van der Waals surface area contributed by atoms with Crippen LogP contribution in [-0.2, 0) is 10.9 Å². The maximum Gasteiger partial charge on any atom is 0.417 e. The van der Waals surface area contributed by atoms with Crippen LogP contribution in [0.3, 0.4) is 0 Å². The number of hydrogen-bond acceptors (Lipinski definition) is 3. The first-order valence-electron chi connectivity index (χ1n) is 6.35. The van der Waals surface area contributed by atoms with Crippen molar-refractivity contribution in [3.05, 3.63) is 22.8 Å². The van der Waals surface area contributed by atoms with Gasteiger partial charge in [-0.05, 0) is 18.4 Å². The van der Waals surface area contributed by atoms with Gasteiger partial charge in [-0.1, -0.05) is 25.4 Å². The van der Waals surface area contributed by atoms with Crippen molar-refractivity contribution in [1.82, 2.24) is 4.98 Å². The Labute approximate surface area is 121 Å². The van der Waals surface area contributed by atoms with E-state index in [0.29, 0.717) is 25.7 Å². The van der Waals surface area contributed by atoms with Crippen molar-refractivity contribution in [1.29, 1.82) is 0 Å². The fraction of sp³-hybridized carbons (Fsp3) is 0.615. The zero-order chi connectivity index (χ0) is 15.2. The fourth-order valence-corrected chi connectivity index (χ4v) is 1.62. The van der Waals surface area contributed by atoms with E-state index in [1.807, 2.05) is 0 Å². The summed E-state index contributed by atoms with van der Waals surface area (Å²) in [5.41, 5.74) is -0.860. The molecular formula is C13H18ClF3N2O. The molecule has 1 aromatic rings. The minimum atomic E-state index is -4.44. The van der Waals surface area contributed by atoms with Crippen molar-refractivity contribution >= 4 is 17.4 Å². The molecule has 0 spiro atoms. The molecule has 1 N–H and O–H groups in total. The van der Waals surface area contributed by atoms with E-state index in [4.69, 9.17) is 16.3 Å². The topological polar surface area (TPSA) is 34.1 Å². The number of halogens is 4. The van der Waals surface area contributed by atoms with E-state index in [-0.39, 0.29) is 10.8 Å². The second-order valence-corrected chi connectivity index (χ2v) is 5.18. The van der Waals surface area contributed by atoms with Crippen LogP contribution >= 0.6 is 11.6 Å². The average molecular weight is 311 g/mol. The second-order valence-electron chi connectivity index (χ2n) is 4.77. The van der Waals surface area contributed by atoms with Crippen LogP contribution in [0, 0.1) is 5.92 Å². The number of hydrogen-bond donors (Lipinski definition) is 1. The highest BCUT2D eigenvalue weighted by Crippen LogP contribution is 2.32. The number of nitrogens with one attached hydrogen (secondary N) is 1. The summed E-state index contributed by atoms with van der Waals surface area (Å²) in [7, 11) is 0. The standard InChI is InChI=1S/C13H18ClF3N2O/c1-9(2)3-5-20-6-4-18-12-11(14)7-10(8-19-12)13(15,16)17/h7-9H,3-6H2,1-2H3,(H,18,19). The van der Waals surface area contributed by atoms with Crippen molar-refractivity contribution in [3.63, 3.8) is 0 Å². The molecule has 3 nitrogen and oxygen atoms in total. The Morgan fingerprint density at radius 1 is 1.35 bits per heavy atom. The molecule has 1 aromatic heterocycles. The maximum atomic E-state index is 12.4. The minimum Gasteiger partial charge on any atom is -0.380 e. The summed E-state index contributed by atoms with van der Waals surface area (Å²) in [6.07, 6.45) is -2.71. The maximum absolute atomic E-state index is 12.4. The second kappa shape index (κ2) is 7.69. The van der Waals surface area contributed by atoms with Crippen LogP contribution in [0.4, 0.5) is 19.0 Å². The lowest BCUT2D eigenvalue weighted by molar-refractivity contribution is -0.137. The average Bonchev–Trinajstić information content (AvgIpc) is 2.33. The number of pyridine rings is 1. The molecular weight excluding hydrogens is 293 g/mol. The van der Waals surface area contributed by atoms with E-state index in [9.17, 15) is 13.2 Å². The molecule has 0 saturated heterocycles. The summed E-state index contributed by atoms with van der Waals surface area (Å²) >= 11 is 5.75. The Morgan fingerprint density at radius 3 is 2.60 bits per heavy atom. The lowest BCUT2D eigenvalue weighted by atomic mass is 10.1. The predicted octanol–water partition coefficient (Wildman–Crippen LogP) is 4.23. The Morgan fingerprint density at radius 2 is 2.05 bits per heavy atom. The molecule has 1 heterocycles. The molecule has 20 heavy (non-hydrogen) atoms. The highest BCUT2D eigenvalue weighted by Gasteiger charge is 2.31. The molecule has 0 aliphatic rings. The van der Waals surface area contributed by atoms with E-state index in [1.165, 1.54) is 0 Å². The SMILES string of the molecule is CC(C)CCOCCNc1ncc(C(F)(F)F)cc1Cl. The zero-order valence-corrected chi connectivity index (χ0v) is 12.2. The quantitative estimate of drug-likeness (QED) is 0.765. The number of anilines is 1. The van der Waals surface area contributed by atoms with Crippen LogP contribution in [0.25, 0.3) is 0 Å². The van der Waals surface area contributed by atoms with Crippen LogP contribution in [0.5, 0.6) is 0 Å². The van der Waals surface area contributed by atoms with Crippen molar-refractivity contribution in [2.45, 2.75) is 26.4 Å². The molecule has 0 bridgehead atoms. The molecule has 7 heteroatoms. The third-order valence-corrected chi connectivity index (χ3v) is 2.84. The van der Waals surface area contributed by atoms with Crippen LogP contribution < -0.4 is 5.32 Å². The first kappa shape index (κ1) is 17.0. The normalized spacial score (nSPS) is 11.9. The summed E-state index contributed by atoms with van der Waals surface area (Å²) in [5, 5.41) is 2.79. The molecule has 0 saturated carbocycles. The number of rotatable bonds is 7. The summed E-state index contributed by atoms with van der Waals surface area (Å²) in [5.74, 6) is 0.807. The molecule has 0 amide bonds. The van der Waals surface area contributed by atoms with Crippen molar-refractivity contribution in [2.75, 3.05) is 25.1 Å². The van der Waals surface area contributed by atoms with Gasteiger partial charge in [-0.3, -0.25) is 0 Å². The van der Waals surface area contributed by atoms with Gasteiger partial charge in [0.15, 0.2) is 0 Å². The molecule has 0 fully saturated rings. The van der Waals surface area contributed by atoms with Gasteiger partial charge in [0, 0.05) is 19.3 Å². The van der Waals surface area contributed by atoms with Gasteiger partial charge in [0.05, 0.1) is 17.2 Å². The number of aromatic nitrogens is 1. The van der Waals surface area contributed by atoms with E-state index >= 15 is 0 Å². The van der Waals surface area contributed by atoms with E-state index in [0.717, 1.165) is 18.7 Å². The Hall–Kier alpha value is -1.01. The third-order valence-electron chi connectivity index (χ3n) is 2.55. The lowest BCUT2D eigenvalue weighted by Crippen LogP contribution is -2.13. The molecule has 0 aliphatic carbocycles. The van der Waals surface area contributed by atoms with Gasteiger partial charge in [-0.25, -0.2) is 4.98 Å². The van der Waals surface area contributed by atoms with Crippen molar-refractivity contribution in [2.24, 2.45) is 5.92 Å². The summed E-state index contributed by atoms with van der Waals surface area (Å²) in [6, 6.07) is 0.858. The van der Waals surface area contributed by atoms with Gasteiger partial charge < -0.3 is 10.1 Å². The van der Waals surface area contributed by atoms with Crippen molar-refractivity contribution < 1.29 is 17.9 Å². The highest BCUT2D eigenvalue weighted by atomic mass is 35.5. The Kier molecular flexibility index (Phi) is 6.55. The van der Waals surface area contributed by atoms with E-state index < -0.39 is 11.7 Å². The highest BCUT2D eigenvalue weighted by molar-refractivity contribution is 6.32. The molecule has 0 atom stereocenters. The van der Waals surface area contributed by atoms with Crippen LogP contribution in [0.1, 0.15) is 25.8 Å². The first-order valence-corrected chi connectivity index (χ1v) is 6.73. The van der Waals surface area contributed by atoms with Gasteiger partial charge in [-0.2, -0.15) is 13.2 Å². The van der Waals surface area contributed by atoms with Gasteiger partial charge in [0.2, 0.25) is 0 Å². The number of alkyl halides is 3. The number of ether oxygens (including phenoxy) is 1. The Bertz CT molecular complexity index is 425. The molecule has 0 aromatic carbocycles. The van der Waals surface area contributed by atoms with E-state index in [1.54, 1.807) is 0 Å². The third kappa shape index (κ3) is 5.96. The zero-order valence-electron chi connectivity index (χ0n) is 11.4. The Balaban J connectivity index is 2.38. The summed E-state index contributed by atoms with van der Waals surface area (Å²) in [6.45, 7) is 5.76. The molecule has 0 aliphatic heterocycles. The van der Waals surface area contributed by atoms with E-state index in [2.05, 4.69) is 24.1 Å². The first-order chi connectivity index (χ1) is 9.30. The molecule has 1 rings (SSSR count). The minimum absolute atomic E-state index is 0.0537. The molecule has 0 unspecified atom stereocenters. The van der Waals surface area contributed by atoms with Gasteiger partial charge >= 0.3 is 6.18 Å². The van der Waals surface area contributed by atoms with Gasteiger partial charge in [0.1, 0.15) is 5.82 Å². The predicted molar refractivity (Wildman–Crippen MR) is 73.0 cm³/mol. The smallest absolute Gasteiger partial charge is 0.380 e. The monoisotopic (exact) mass is 310 g/mol. The molecule has 0 radical (unpaired) electrons. The summed E-state index contributed by atoms with van der Waals surface area (Å²) < 4.78 is 42.6. The van der Waals surface area contributed by atoms with Crippen LogP contribution in [-0.4, -0.2) is 24.7 Å². The van der Waals surface area contributed by atoms with Crippen LogP contribution in [0.2, 0.25) is 5.02 Å². The van der Waals surface area contributed by atoms with Crippen molar-refractivity contribution in [3.8, 4) is 0 Å². The number of nitrogens with zero attached hydrogens (tertiary/aromatic N) is 1. The van der Waals surface area contributed by atoms with Crippen LogP contribution in [0.15, 0.2) is 12.3 Å². The lowest BCUT2D eigenvalue weighted by Gasteiger charge is -2.11.